The Morgan fingerprint density at radius 1 is 1.00 bits per heavy atom. The Labute approximate surface area is 132 Å². The summed E-state index contributed by atoms with van der Waals surface area (Å²) in [5, 5.41) is 0.725. The first-order chi connectivity index (χ1) is 9.56. The predicted octanol–water partition coefficient (Wildman–Crippen LogP) is 5.15. The molecule has 0 amide bonds. The van der Waals surface area contributed by atoms with Gasteiger partial charge >= 0.3 is 0 Å². The topological polar surface area (TPSA) is 18.5 Å². The normalized spacial score (nSPS) is 12.1. The summed E-state index contributed by atoms with van der Waals surface area (Å²) in [7, 11) is 3.30. The van der Waals surface area contributed by atoms with Gasteiger partial charge in [0, 0.05) is 16.7 Å². The second-order valence-corrected chi connectivity index (χ2v) is 5.82. The van der Waals surface area contributed by atoms with Crippen LogP contribution in [-0.4, -0.2) is 14.2 Å². The van der Waals surface area contributed by atoms with E-state index in [4.69, 9.17) is 21.1 Å². The second-order valence-electron chi connectivity index (χ2n) is 4.47. The van der Waals surface area contributed by atoms with E-state index >= 15 is 0 Å². The monoisotopic (exact) mass is 354 g/mol. The smallest absolute Gasteiger partial charge is 0.127 e. The van der Waals surface area contributed by atoms with E-state index in [2.05, 4.69) is 22.9 Å². The predicted molar refractivity (Wildman–Crippen MR) is 86.5 cm³/mol. The van der Waals surface area contributed by atoms with Gasteiger partial charge in [0.05, 0.1) is 19.0 Å². The van der Waals surface area contributed by atoms with E-state index < -0.39 is 0 Å². The van der Waals surface area contributed by atoms with Gasteiger partial charge in [0.2, 0.25) is 0 Å². The number of rotatable bonds is 4. The van der Waals surface area contributed by atoms with Gasteiger partial charge in [-0.25, -0.2) is 0 Å². The van der Waals surface area contributed by atoms with Crippen LogP contribution in [-0.2, 0) is 0 Å². The first kappa shape index (κ1) is 15.2. The van der Waals surface area contributed by atoms with Crippen LogP contribution in [0.4, 0.5) is 0 Å². The maximum atomic E-state index is 6.10. The molecule has 0 aliphatic heterocycles. The fraction of sp³-hybridized carbons (Fsp3) is 0.250. The Morgan fingerprint density at radius 3 is 2.40 bits per heavy atom. The summed E-state index contributed by atoms with van der Waals surface area (Å²) in [6.45, 7) is 2.07. The molecule has 0 radical (unpaired) electrons. The standard InChI is InChI=1S/C16H16BrClO2/c1-10-4-5-11(18)8-14(10)16(17)13-7-6-12(19-2)9-15(13)20-3/h4-9,16H,1-3H3. The minimum Gasteiger partial charge on any atom is -0.497 e. The van der Waals surface area contributed by atoms with E-state index in [1.807, 2.05) is 36.4 Å². The molecule has 0 fully saturated rings. The van der Waals surface area contributed by atoms with E-state index in [-0.39, 0.29) is 4.83 Å². The van der Waals surface area contributed by atoms with Gasteiger partial charge < -0.3 is 9.47 Å². The maximum absolute atomic E-state index is 6.10. The number of ether oxygens (including phenoxy) is 2. The number of halogens is 2. The van der Waals surface area contributed by atoms with Gasteiger partial charge in [-0.3, -0.25) is 0 Å². The van der Waals surface area contributed by atoms with Crippen LogP contribution in [0.15, 0.2) is 36.4 Å². The van der Waals surface area contributed by atoms with Crippen LogP contribution in [0.5, 0.6) is 11.5 Å². The van der Waals surface area contributed by atoms with Crippen molar-refractivity contribution in [2.75, 3.05) is 14.2 Å². The van der Waals surface area contributed by atoms with Crippen molar-refractivity contribution in [3.8, 4) is 11.5 Å². The highest BCUT2D eigenvalue weighted by molar-refractivity contribution is 9.09. The van der Waals surface area contributed by atoms with Gasteiger partial charge in [-0.15, -0.1) is 0 Å². The molecule has 0 aliphatic carbocycles. The first-order valence-corrected chi connectivity index (χ1v) is 7.48. The molecule has 0 heterocycles. The third-order valence-corrected chi connectivity index (χ3v) is 4.45. The molecule has 2 aromatic carbocycles. The molecule has 1 atom stereocenters. The Balaban J connectivity index is 2.47. The minimum absolute atomic E-state index is 0.0158. The first-order valence-electron chi connectivity index (χ1n) is 6.19. The van der Waals surface area contributed by atoms with Crippen molar-refractivity contribution >= 4 is 27.5 Å². The van der Waals surface area contributed by atoms with E-state index in [9.17, 15) is 0 Å². The fourth-order valence-corrected chi connectivity index (χ4v) is 3.13. The van der Waals surface area contributed by atoms with Crippen molar-refractivity contribution in [2.24, 2.45) is 0 Å². The SMILES string of the molecule is COc1ccc(C(Br)c2cc(Cl)ccc2C)c(OC)c1. The van der Waals surface area contributed by atoms with Crippen LogP contribution in [0.25, 0.3) is 0 Å². The maximum Gasteiger partial charge on any atom is 0.127 e. The van der Waals surface area contributed by atoms with Crippen LogP contribution < -0.4 is 9.47 Å². The Kier molecular flexibility index (Phi) is 4.95. The molecule has 2 nitrogen and oxygen atoms in total. The third kappa shape index (κ3) is 3.10. The van der Waals surface area contributed by atoms with E-state index in [1.54, 1.807) is 14.2 Å². The lowest BCUT2D eigenvalue weighted by Crippen LogP contribution is -2.00. The highest BCUT2D eigenvalue weighted by atomic mass is 79.9. The van der Waals surface area contributed by atoms with Crippen molar-refractivity contribution in [2.45, 2.75) is 11.8 Å². The molecular formula is C16H16BrClO2. The molecule has 1 unspecified atom stereocenters. The lowest BCUT2D eigenvalue weighted by Gasteiger charge is -2.17. The lowest BCUT2D eigenvalue weighted by atomic mass is 9.99. The molecule has 0 saturated carbocycles. The summed E-state index contributed by atoms with van der Waals surface area (Å²) in [4.78, 5) is 0.0158. The molecular weight excluding hydrogens is 340 g/mol. The van der Waals surface area contributed by atoms with Crippen molar-refractivity contribution in [1.29, 1.82) is 0 Å². The van der Waals surface area contributed by atoms with Gasteiger partial charge in [0.25, 0.3) is 0 Å². The molecule has 0 saturated heterocycles. The van der Waals surface area contributed by atoms with E-state index in [0.717, 1.165) is 27.6 Å². The summed E-state index contributed by atoms with van der Waals surface area (Å²) < 4.78 is 10.7. The van der Waals surface area contributed by atoms with E-state index in [0.29, 0.717) is 0 Å². The van der Waals surface area contributed by atoms with Gasteiger partial charge in [0.15, 0.2) is 0 Å². The lowest BCUT2D eigenvalue weighted by molar-refractivity contribution is 0.391. The van der Waals surface area contributed by atoms with Crippen LogP contribution in [0, 0.1) is 6.92 Å². The Hall–Kier alpha value is -1.19. The zero-order valence-electron chi connectivity index (χ0n) is 11.6. The molecule has 0 aromatic heterocycles. The number of methoxy groups -OCH3 is 2. The number of aryl methyl sites for hydroxylation is 1. The minimum atomic E-state index is 0.0158. The molecule has 2 rings (SSSR count). The number of hydrogen-bond donors (Lipinski definition) is 0. The van der Waals surface area contributed by atoms with E-state index in [1.165, 1.54) is 5.56 Å². The summed E-state index contributed by atoms with van der Waals surface area (Å²) in [6, 6.07) is 11.7. The molecule has 2 aromatic rings. The highest BCUT2D eigenvalue weighted by Gasteiger charge is 2.18. The summed E-state index contributed by atoms with van der Waals surface area (Å²) >= 11 is 9.84. The molecule has 106 valence electrons. The second kappa shape index (κ2) is 6.51. The van der Waals surface area contributed by atoms with Crippen LogP contribution in [0.1, 0.15) is 21.5 Å². The van der Waals surface area contributed by atoms with Gasteiger partial charge in [-0.1, -0.05) is 39.7 Å². The molecule has 0 spiro atoms. The Bertz CT molecular complexity index is 613. The molecule has 0 N–H and O–H groups in total. The molecule has 0 bridgehead atoms. The Morgan fingerprint density at radius 2 is 1.75 bits per heavy atom. The molecule has 4 heteroatoms. The van der Waals surface area contributed by atoms with Crippen LogP contribution >= 0.6 is 27.5 Å². The third-order valence-electron chi connectivity index (χ3n) is 3.23. The fourth-order valence-electron chi connectivity index (χ4n) is 2.08. The van der Waals surface area contributed by atoms with Crippen LogP contribution in [0.3, 0.4) is 0 Å². The molecule has 0 aliphatic rings. The number of benzene rings is 2. The highest BCUT2D eigenvalue weighted by Crippen LogP contribution is 2.40. The van der Waals surface area contributed by atoms with Crippen molar-refractivity contribution in [3.05, 3.63) is 58.1 Å². The van der Waals surface area contributed by atoms with Crippen LogP contribution in [0.2, 0.25) is 5.02 Å². The van der Waals surface area contributed by atoms with Crippen molar-refractivity contribution < 1.29 is 9.47 Å². The van der Waals surface area contributed by atoms with Crippen molar-refractivity contribution in [1.82, 2.24) is 0 Å². The van der Waals surface area contributed by atoms with Crippen molar-refractivity contribution in [3.63, 3.8) is 0 Å². The zero-order chi connectivity index (χ0) is 14.7. The summed E-state index contributed by atoms with van der Waals surface area (Å²) in [5.41, 5.74) is 3.34. The largest absolute Gasteiger partial charge is 0.497 e. The number of hydrogen-bond acceptors (Lipinski definition) is 2. The number of alkyl halides is 1. The van der Waals surface area contributed by atoms with Gasteiger partial charge in [-0.05, 0) is 36.2 Å². The average molecular weight is 356 g/mol. The molecule has 20 heavy (non-hydrogen) atoms. The average Bonchev–Trinajstić information content (AvgIpc) is 2.48. The summed E-state index contributed by atoms with van der Waals surface area (Å²) in [5.74, 6) is 1.55. The quantitative estimate of drug-likeness (QED) is 0.706. The summed E-state index contributed by atoms with van der Waals surface area (Å²) in [6.07, 6.45) is 0. The van der Waals surface area contributed by atoms with Gasteiger partial charge in [0.1, 0.15) is 11.5 Å². The zero-order valence-corrected chi connectivity index (χ0v) is 14.0. The van der Waals surface area contributed by atoms with Gasteiger partial charge in [-0.2, -0.15) is 0 Å².